The number of carbonyl (C=O) groups is 2. The van der Waals surface area contributed by atoms with Crippen LogP contribution in [0.4, 0.5) is 0 Å². The molecule has 3 aliphatic carbocycles. The molecule has 0 heterocycles. The normalized spacial score (nSPS) is 40.4. The minimum absolute atomic E-state index is 0.167. The third-order valence-corrected chi connectivity index (χ3v) is 8.28. The first-order valence-electron chi connectivity index (χ1n) is 10.9. The zero-order valence-electron chi connectivity index (χ0n) is 18.1. The number of hydrogen-bond donors (Lipinski definition) is 1. The highest BCUT2D eigenvalue weighted by Gasteiger charge is 2.58. The number of allylic oxidation sites excluding steroid dienone is 1. The van der Waals surface area contributed by atoms with Crippen LogP contribution in [0.1, 0.15) is 92.4 Å². The van der Waals surface area contributed by atoms with E-state index in [2.05, 4.69) is 27.4 Å². The van der Waals surface area contributed by atoms with E-state index >= 15 is 0 Å². The zero-order chi connectivity index (χ0) is 20.4. The molecule has 6 atom stereocenters. The molecule has 1 N–H and O–H groups in total. The number of hydrogen-bond acceptors (Lipinski definition) is 3. The Morgan fingerprint density at radius 3 is 2.33 bits per heavy atom. The van der Waals surface area contributed by atoms with Crippen LogP contribution in [0, 0.1) is 34.5 Å². The third-order valence-electron chi connectivity index (χ3n) is 8.28. The topological polar surface area (TPSA) is 54.4 Å². The minimum atomic E-state index is -0.236. The summed E-state index contributed by atoms with van der Waals surface area (Å²) in [5.74, 6) is 3.78. The van der Waals surface area contributed by atoms with E-state index in [1.807, 2.05) is 0 Å². The van der Waals surface area contributed by atoms with Gasteiger partial charge in [0.05, 0.1) is 5.76 Å². The summed E-state index contributed by atoms with van der Waals surface area (Å²) in [5, 5.41) is 7.86. The molecule has 0 amide bonds. The molecular formula is C24H40O3. The Bertz CT molecular complexity index is 576. The van der Waals surface area contributed by atoms with Gasteiger partial charge in [-0.05, 0) is 81.5 Å². The Balaban J connectivity index is 0.000000596. The lowest BCUT2D eigenvalue weighted by Crippen LogP contribution is -2.52. The average molecular weight is 377 g/mol. The molecule has 0 aromatic carbocycles. The maximum absolute atomic E-state index is 12.8. The van der Waals surface area contributed by atoms with E-state index in [1.165, 1.54) is 39.0 Å². The highest BCUT2D eigenvalue weighted by molar-refractivity contribution is 5.86. The van der Waals surface area contributed by atoms with Crippen molar-refractivity contribution in [1.82, 2.24) is 0 Å². The summed E-state index contributed by atoms with van der Waals surface area (Å²) in [6, 6.07) is 0. The lowest BCUT2D eigenvalue weighted by molar-refractivity contribution is -0.146. The second kappa shape index (κ2) is 8.49. The minimum Gasteiger partial charge on any atom is -0.513 e. The first kappa shape index (κ1) is 22.2. The summed E-state index contributed by atoms with van der Waals surface area (Å²) < 4.78 is 0. The second-order valence-electron chi connectivity index (χ2n) is 9.92. The summed E-state index contributed by atoms with van der Waals surface area (Å²) in [5.41, 5.74) is 0.276. The number of rotatable bonds is 4. The monoisotopic (exact) mass is 376 g/mol. The van der Waals surface area contributed by atoms with Gasteiger partial charge in [-0.3, -0.25) is 4.79 Å². The van der Waals surface area contributed by atoms with E-state index < -0.39 is 0 Å². The molecule has 27 heavy (non-hydrogen) atoms. The molecule has 0 aromatic heterocycles. The fraction of sp³-hybridized carbons (Fsp3) is 0.833. The van der Waals surface area contributed by atoms with Gasteiger partial charge in [-0.25, -0.2) is 0 Å². The molecular weight excluding hydrogens is 336 g/mol. The molecule has 0 aromatic rings. The Labute approximate surface area is 166 Å². The van der Waals surface area contributed by atoms with Gasteiger partial charge in [-0.2, -0.15) is 0 Å². The maximum Gasteiger partial charge on any atom is 0.139 e. The van der Waals surface area contributed by atoms with Gasteiger partial charge in [-0.1, -0.05) is 33.8 Å². The van der Waals surface area contributed by atoms with E-state index in [4.69, 9.17) is 5.11 Å². The molecule has 0 saturated heterocycles. The predicted molar refractivity (Wildman–Crippen MR) is 111 cm³/mol. The van der Waals surface area contributed by atoms with Crippen LogP contribution in [-0.4, -0.2) is 16.7 Å². The summed E-state index contributed by atoms with van der Waals surface area (Å²) >= 11 is 0. The molecule has 0 bridgehead atoms. The Morgan fingerprint density at radius 2 is 1.78 bits per heavy atom. The van der Waals surface area contributed by atoms with Crippen molar-refractivity contribution in [3.05, 3.63) is 12.3 Å². The number of aliphatic hydroxyl groups excluding tert-OH is 1. The molecule has 0 radical (unpaired) electrons. The van der Waals surface area contributed by atoms with Gasteiger partial charge < -0.3 is 9.90 Å². The van der Waals surface area contributed by atoms with Crippen LogP contribution in [0.2, 0.25) is 0 Å². The maximum atomic E-state index is 12.8. The van der Waals surface area contributed by atoms with E-state index in [0.29, 0.717) is 23.5 Å². The van der Waals surface area contributed by atoms with Crippen molar-refractivity contribution in [2.45, 2.75) is 92.4 Å². The summed E-state index contributed by atoms with van der Waals surface area (Å²) in [6.45, 7) is 13.4. The van der Waals surface area contributed by atoms with Gasteiger partial charge in [0.15, 0.2) is 0 Å². The first-order valence-corrected chi connectivity index (χ1v) is 10.9. The summed E-state index contributed by atoms with van der Waals surface area (Å²) in [7, 11) is 0. The van der Waals surface area contributed by atoms with Crippen LogP contribution < -0.4 is 0 Å². The van der Waals surface area contributed by atoms with Gasteiger partial charge in [0.25, 0.3) is 0 Å². The predicted octanol–water partition coefficient (Wildman–Crippen LogP) is 6.27. The van der Waals surface area contributed by atoms with Crippen molar-refractivity contribution in [2.24, 2.45) is 34.5 Å². The molecule has 3 nitrogen and oxygen atoms in total. The summed E-state index contributed by atoms with van der Waals surface area (Å²) in [4.78, 5) is 24.3. The highest BCUT2D eigenvalue weighted by Crippen LogP contribution is 2.64. The van der Waals surface area contributed by atoms with Crippen LogP contribution in [0.15, 0.2) is 12.3 Å². The average Bonchev–Trinajstić information content (AvgIpc) is 2.92. The Morgan fingerprint density at radius 1 is 1.15 bits per heavy atom. The first-order chi connectivity index (χ1) is 12.6. The van der Waals surface area contributed by atoms with E-state index in [-0.39, 0.29) is 17.0 Å². The molecule has 3 rings (SSSR count). The lowest BCUT2D eigenvalue weighted by atomic mass is 9.48. The standard InChI is InChI=1S/C21H34O2.C3H6O/c1-5-15-6-8-17-16-7-9-19(23)21(4,12-10-14(2)22)18(16)11-13-20(15,17)3;1-3(2)4/h15-18H,5-13H2,1-4H3;4H,1H2,2H3/t15-,16-,17-,18+,20+,21-;/m0./s1. The molecule has 0 aliphatic heterocycles. The number of fused-ring (bicyclic) bond motifs is 3. The molecule has 0 spiro atoms. The smallest absolute Gasteiger partial charge is 0.139 e. The molecule has 3 aliphatic rings. The fourth-order valence-corrected chi connectivity index (χ4v) is 6.81. The number of ketones is 2. The van der Waals surface area contributed by atoms with Gasteiger partial charge in [0, 0.05) is 18.3 Å². The second-order valence-corrected chi connectivity index (χ2v) is 9.92. The number of Topliss-reactive ketones (excluding diaryl/α,β-unsaturated/α-hetero) is 2. The SMILES string of the molecule is C=C(C)O.CC[C@H]1CC[C@H]2[C@@H]3CCC(=O)[C@@](C)(CCC(C)=O)[C@@H]3CC[C@]12C. The highest BCUT2D eigenvalue weighted by atomic mass is 16.3. The lowest BCUT2D eigenvalue weighted by Gasteiger charge is -2.56. The largest absolute Gasteiger partial charge is 0.513 e. The van der Waals surface area contributed by atoms with Crippen molar-refractivity contribution >= 4 is 11.6 Å². The summed E-state index contributed by atoms with van der Waals surface area (Å²) in [6.07, 6.45) is 9.77. The van der Waals surface area contributed by atoms with Gasteiger partial charge in [-0.15, -0.1) is 0 Å². The molecule has 3 saturated carbocycles. The van der Waals surface area contributed by atoms with Crippen molar-refractivity contribution in [3.63, 3.8) is 0 Å². The van der Waals surface area contributed by atoms with Crippen LogP contribution in [0.25, 0.3) is 0 Å². The molecule has 0 unspecified atom stereocenters. The van der Waals surface area contributed by atoms with Crippen molar-refractivity contribution in [3.8, 4) is 0 Å². The molecule has 3 fully saturated rings. The Hall–Kier alpha value is -1.12. The van der Waals surface area contributed by atoms with Crippen LogP contribution in [0.5, 0.6) is 0 Å². The van der Waals surface area contributed by atoms with Crippen LogP contribution >= 0.6 is 0 Å². The molecule has 3 heteroatoms. The quantitative estimate of drug-likeness (QED) is 0.588. The van der Waals surface area contributed by atoms with Crippen molar-refractivity contribution in [2.75, 3.05) is 0 Å². The van der Waals surface area contributed by atoms with E-state index in [1.54, 1.807) is 6.92 Å². The fourth-order valence-electron chi connectivity index (χ4n) is 6.81. The number of aliphatic hydroxyl groups is 1. The van der Waals surface area contributed by atoms with Crippen LogP contribution in [0.3, 0.4) is 0 Å². The van der Waals surface area contributed by atoms with E-state index in [0.717, 1.165) is 37.0 Å². The van der Waals surface area contributed by atoms with Crippen molar-refractivity contribution < 1.29 is 14.7 Å². The van der Waals surface area contributed by atoms with Gasteiger partial charge in [0.1, 0.15) is 11.6 Å². The van der Waals surface area contributed by atoms with Gasteiger partial charge in [0.2, 0.25) is 0 Å². The van der Waals surface area contributed by atoms with Gasteiger partial charge >= 0.3 is 0 Å². The third kappa shape index (κ3) is 4.32. The number of carbonyl (C=O) groups excluding carboxylic acids is 2. The molecule has 154 valence electrons. The zero-order valence-corrected chi connectivity index (χ0v) is 18.1. The van der Waals surface area contributed by atoms with E-state index in [9.17, 15) is 9.59 Å². The van der Waals surface area contributed by atoms with Crippen LogP contribution in [-0.2, 0) is 9.59 Å². The van der Waals surface area contributed by atoms with Crippen molar-refractivity contribution in [1.29, 1.82) is 0 Å². The Kier molecular flexibility index (Phi) is 6.97.